The summed E-state index contributed by atoms with van der Waals surface area (Å²) >= 11 is 0. The molecule has 0 bridgehead atoms. The first kappa shape index (κ1) is 17.7. The number of nitrogens with zero attached hydrogens (tertiary/aromatic N) is 1. The lowest BCUT2D eigenvalue weighted by Crippen LogP contribution is -2.33. The quantitative estimate of drug-likeness (QED) is 0.572. The number of hydrogen-bond acceptors (Lipinski definition) is 2. The van der Waals surface area contributed by atoms with Crippen LogP contribution in [0.2, 0.25) is 0 Å². The minimum absolute atomic E-state index is 0.00755. The van der Waals surface area contributed by atoms with Gasteiger partial charge >= 0.3 is 6.03 Å². The predicted molar refractivity (Wildman–Crippen MR) is 73.3 cm³/mol. The Balaban J connectivity index is 5.44. The van der Waals surface area contributed by atoms with E-state index in [2.05, 4.69) is 22.2 Å². The molecule has 2 amide bonds. The summed E-state index contributed by atoms with van der Waals surface area (Å²) in [6, 6.07) is -0.618. The molecule has 2 N–H and O–H groups in total. The number of aliphatic imine (C=N–C) groups is 1. The molecule has 0 heterocycles. The Bertz CT molecular complexity index is 465. The number of amides is 2. The average molecular weight is 287 g/mol. The van der Waals surface area contributed by atoms with E-state index in [1.54, 1.807) is 0 Å². The van der Waals surface area contributed by atoms with Crippen LogP contribution in [0.15, 0.2) is 53.6 Å². The lowest BCUT2D eigenvalue weighted by Gasteiger charge is -2.11. The van der Waals surface area contributed by atoms with E-state index >= 15 is 0 Å². The maximum absolute atomic E-state index is 13.0. The molecule has 20 heavy (non-hydrogen) atoms. The van der Waals surface area contributed by atoms with E-state index in [1.165, 1.54) is 20.2 Å². The first-order valence-electron chi connectivity index (χ1n) is 5.58. The normalized spacial score (nSPS) is 13.8. The Kier molecular flexibility index (Phi) is 8.49. The van der Waals surface area contributed by atoms with Crippen LogP contribution in [0, 0.1) is 0 Å². The molecule has 0 atom stereocenters. The van der Waals surface area contributed by atoms with Crippen LogP contribution in [0.1, 0.15) is 6.92 Å². The number of carbonyl (C=O) groups is 1. The number of halogens is 3. The summed E-state index contributed by atoms with van der Waals surface area (Å²) in [6.45, 7) is 4.86. The molecule has 7 heteroatoms. The number of nitrogens with one attached hydrogen (secondary N) is 2. The maximum atomic E-state index is 13.0. The van der Waals surface area contributed by atoms with E-state index in [0.717, 1.165) is 12.2 Å². The standard InChI is InChI=1S/C13H16F3N3O/c1-4-18-9(2)10(8-14)11(19-13(20)17-3)6-5-7-12(15)16/h4-8,12H,1H2,2-3H3,(H2,17,19,20)/b7-5+,10-8-,11-6+,18-9?. The zero-order valence-electron chi connectivity index (χ0n) is 11.2. The van der Waals surface area contributed by atoms with Crippen LogP contribution in [0.4, 0.5) is 18.0 Å². The lowest BCUT2D eigenvalue weighted by molar-refractivity contribution is 0.204. The number of carbonyl (C=O) groups excluding carboxylic acids is 1. The summed E-state index contributed by atoms with van der Waals surface area (Å²) < 4.78 is 37.0. The molecule has 110 valence electrons. The molecule has 0 aliphatic heterocycles. The van der Waals surface area contributed by atoms with Gasteiger partial charge in [-0.3, -0.25) is 4.99 Å². The van der Waals surface area contributed by atoms with Gasteiger partial charge in [-0.1, -0.05) is 12.7 Å². The second kappa shape index (κ2) is 9.60. The molecule has 0 rings (SSSR count). The number of urea groups is 1. The van der Waals surface area contributed by atoms with Gasteiger partial charge in [0.15, 0.2) is 0 Å². The van der Waals surface area contributed by atoms with Crippen molar-refractivity contribution in [3.8, 4) is 0 Å². The fourth-order valence-electron chi connectivity index (χ4n) is 1.16. The summed E-state index contributed by atoms with van der Waals surface area (Å²) in [4.78, 5) is 15.1. The fourth-order valence-corrected chi connectivity index (χ4v) is 1.16. The molecule has 0 fully saturated rings. The van der Waals surface area contributed by atoms with Crippen LogP contribution in [0.3, 0.4) is 0 Å². The fraction of sp³-hybridized carbons (Fsp3) is 0.231. The second-order valence-corrected chi connectivity index (χ2v) is 3.42. The smallest absolute Gasteiger partial charge is 0.318 e. The minimum atomic E-state index is -2.65. The Labute approximate surface area is 115 Å². The Morgan fingerprint density at radius 2 is 2.05 bits per heavy atom. The van der Waals surface area contributed by atoms with Crippen LogP contribution in [0.5, 0.6) is 0 Å². The van der Waals surface area contributed by atoms with E-state index in [1.807, 2.05) is 0 Å². The highest BCUT2D eigenvalue weighted by Crippen LogP contribution is 2.11. The van der Waals surface area contributed by atoms with Crippen LogP contribution >= 0.6 is 0 Å². The van der Waals surface area contributed by atoms with Gasteiger partial charge in [0.1, 0.15) is 0 Å². The predicted octanol–water partition coefficient (Wildman–Crippen LogP) is 3.08. The molecular formula is C13H16F3N3O. The van der Waals surface area contributed by atoms with Gasteiger partial charge in [-0.25, -0.2) is 18.0 Å². The highest BCUT2D eigenvalue weighted by molar-refractivity contribution is 6.03. The van der Waals surface area contributed by atoms with E-state index in [-0.39, 0.29) is 23.3 Å². The molecule has 0 aliphatic rings. The van der Waals surface area contributed by atoms with Crippen molar-refractivity contribution in [2.45, 2.75) is 13.3 Å². The number of hydrogen-bond donors (Lipinski definition) is 2. The molecule has 0 aromatic carbocycles. The van der Waals surface area contributed by atoms with E-state index in [4.69, 9.17) is 0 Å². The highest BCUT2D eigenvalue weighted by atomic mass is 19.3. The zero-order valence-corrected chi connectivity index (χ0v) is 11.2. The van der Waals surface area contributed by atoms with E-state index in [0.29, 0.717) is 6.08 Å². The SMILES string of the molecule is C=CN=C(C)C(=C/F)/C(=C\C=C\C(F)F)NC(=O)NC. The van der Waals surface area contributed by atoms with Gasteiger partial charge in [0, 0.05) is 24.5 Å². The topological polar surface area (TPSA) is 53.5 Å². The van der Waals surface area contributed by atoms with Gasteiger partial charge < -0.3 is 10.6 Å². The van der Waals surface area contributed by atoms with Crippen LogP contribution in [0.25, 0.3) is 0 Å². The molecule has 4 nitrogen and oxygen atoms in total. The third-order valence-corrected chi connectivity index (χ3v) is 2.07. The van der Waals surface area contributed by atoms with Gasteiger partial charge in [-0.05, 0) is 19.1 Å². The van der Waals surface area contributed by atoms with Crippen molar-refractivity contribution < 1.29 is 18.0 Å². The van der Waals surface area contributed by atoms with Gasteiger partial charge in [-0.15, -0.1) is 0 Å². The second-order valence-electron chi connectivity index (χ2n) is 3.42. The van der Waals surface area contributed by atoms with Crippen molar-refractivity contribution in [1.29, 1.82) is 0 Å². The van der Waals surface area contributed by atoms with Crippen molar-refractivity contribution in [1.82, 2.24) is 10.6 Å². The summed E-state index contributed by atoms with van der Waals surface area (Å²) in [6.07, 6.45) is 1.54. The van der Waals surface area contributed by atoms with Crippen molar-refractivity contribution in [3.63, 3.8) is 0 Å². The zero-order chi connectivity index (χ0) is 15.5. The van der Waals surface area contributed by atoms with Gasteiger partial charge in [0.05, 0.1) is 12.0 Å². The van der Waals surface area contributed by atoms with Gasteiger partial charge in [0.25, 0.3) is 6.43 Å². The summed E-state index contributed by atoms with van der Waals surface area (Å²) in [7, 11) is 1.37. The van der Waals surface area contributed by atoms with Crippen LogP contribution in [-0.2, 0) is 0 Å². The third kappa shape index (κ3) is 6.58. The molecule has 0 saturated carbocycles. The Morgan fingerprint density at radius 1 is 1.40 bits per heavy atom. The Hall–Kier alpha value is -2.31. The van der Waals surface area contributed by atoms with Crippen molar-refractivity contribution >= 4 is 11.7 Å². The van der Waals surface area contributed by atoms with Gasteiger partial charge in [0.2, 0.25) is 0 Å². The molecular weight excluding hydrogens is 271 g/mol. The summed E-state index contributed by atoms with van der Waals surface area (Å²) in [5.74, 6) is 0. The Morgan fingerprint density at radius 3 is 2.50 bits per heavy atom. The van der Waals surface area contributed by atoms with Crippen molar-refractivity contribution in [2.24, 2.45) is 4.99 Å². The number of alkyl halides is 2. The molecule has 0 aliphatic carbocycles. The minimum Gasteiger partial charge on any atom is -0.341 e. The number of rotatable bonds is 6. The largest absolute Gasteiger partial charge is 0.341 e. The third-order valence-electron chi connectivity index (χ3n) is 2.07. The lowest BCUT2D eigenvalue weighted by atomic mass is 10.1. The monoisotopic (exact) mass is 287 g/mol. The van der Waals surface area contributed by atoms with Gasteiger partial charge in [-0.2, -0.15) is 0 Å². The maximum Gasteiger partial charge on any atom is 0.318 e. The van der Waals surface area contributed by atoms with Crippen molar-refractivity contribution in [3.05, 3.63) is 48.6 Å². The molecule has 0 radical (unpaired) electrons. The van der Waals surface area contributed by atoms with Crippen LogP contribution < -0.4 is 10.6 Å². The summed E-state index contributed by atoms with van der Waals surface area (Å²) in [5.41, 5.74) is 0.176. The number of allylic oxidation sites excluding steroid dienone is 4. The van der Waals surface area contributed by atoms with Crippen molar-refractivity contribution in [2.75, 3.05) is 7.05 Å². The average Bonchev–Trinajstić information content (AvgIpc) is 2.38. The van der Waals surface area contributed by atoms with E-state index in [9.17, 15) is 18.0 Å². The first-order valence-corrected chi connectivity index (χ1v) is 5.58. The summed E-state index contributed by atoms with van der Waals surface area (Å²) in [5, 5.41) is 4.59. The van der Waals surface area contributed by atoms with Crippen LogP contribution in [-0.4, -0.2) is 25.2 Å². The molecule has 0 unspecified atom stereocenters. The first-order chi connectivity index (χ1) is 9.46. The van der Waals surface area contributed by atoms with E-state index < -0.39 is 12.5 Å². The molecule has 0 saturated heterocycles. The molecule has 0 aromatic rings. The molecule has 0 aromatic heterocycles. The molecule has 0 spiro atoms. The highest BCUT2D eigenvalue weighted by Gasteiger charge is 2.11.